The summed E-state index contributed by atoms with van der Waals surface area (Å²) < 4.78 is 23.7. The van der Waals surface area contributed by atoms with Gasteiger partial charge in [-0.25, -0.2) is 0 Å². The van der Waals surface area contributed by atoms with Crippen LogP contribution in [0, 0.1) is 0 Å². The maximum Gasteiger partial charge on any atom is 0.350 e. The third kappa shape index (κ3) is 3.30. The van der Waals surface area contributed by atoms with Crippen LogP contribution in [0.5, 0.6) is 0 Å². The summed E-state index contributed by atoms with van der Waals surface area (Å²) in [4.78, 5) is 5.80. The van der Waals surface area contributed by atoms with E-state index in [4.69, 9.17) is 13.9 Å². The normalized spacial score (nSPS) is 24.1. The smallest absolute Gasteiger partial charge is 0.308 e. The highest BCUT2D eigenvalue weighted by Gasteiger charge is 2.46. The summed E-state index contributed by atoms with van der Waals surface area (Å²) in [6.45, 7) is 4.35. The molecule has 5 nitrogen and oxygen atoms in total. The van der Waals surface area contributed by atoms with Crippen LogP contribution in [-0.2, 0) is 18.5 Å². The number of hydroxylamine groups is 2. The van der Waals surface area contributed by atoms with E-state index in [1.807, 2.05) is 44.2 Å². The second-order valence-corrected chi connectivity index (χ2v) is 6.83. The predicted molar refractivity (Wildman–Crippen MR) is 77.3 cm³/mol. The van der Waals surface area contributed by atoms with Crippen molar-refractivity contribution in [2.75, 3.05) is 20.3 Å². The lowest BCUT2D eigenvalue weighted by molar-refractivity contribution is -0.137. The van der Waals surface area contributed by atoms with Crippen LogP contribution in [0.3, 0.4) is 0 Å². The molecule has 1 heterocycles. The van der Waals surface area contributed by atoms with Crippen molar-refractivity contribution in [3.8, 4) is 0 Å². The summed E-state index contributed by atoms with van der Waals surface area (Å²) in [5, 5.41) is 1.61. The van der Waals surface area contributed by atoms with E-state index in [-0.39, 0.29) is 11.9 Å². The third-order valence-electron chi connectivity index (χ3n) is 3.29. The second-order valence-electron chi connectivity index (χ2n) is 4.64. The molecule has 0 amide bonds. The van der Waals surface area contributed by atoms with E-state index < -0.39 is 7.60 Å². The molecule has 2 atom stereocenters. The Hall–Kier alpha value is -0.710. The van der Waals surface area contributed by atoms with Crippen molar-refractivity contribution >= 4 is 7.60 Å². The summed E-state index contributed by atoms with van der Waals surface area (Å²) in [5.41, 5.74) is 1.07. The molecule has 112 valence electrons. The van der Waals surface area contributed by atoms with Crippen molar-refractivity contribution in [3.05, 3.63) is 35.9 Å². The van der Waals surface area contributed by atoms with E-state index >= 15 is 0 Å². The summed E-state index contributed by atoms with van der Waals surface area (Å²) in [7, 11) is -1.40. The van der Waals surface area contributed by atoms with Gasteiger partial charge in [0.05, 0.1) is 13.2 Å². The number of rotatable bonds is 6. The van der Waals surface area contributed by atoms with Crippen LogP contribution >= 0.6 is 7.60 Å². The van der Waals surface area contributed by atoms with Crippen molar-refractivity contribution in [3.63, 3.8) is 0 Å². The molecule has 0 spiro atoms. The molecule has 0 aromatic heterocycles. The van der Waals surface area contributed by atoms with E-state index in [0.29, 0.717) is 19.6 Å². The first-order chi connectivity index (χ1) is 9.60. The minimum atomic E-state index is -3.18. The molecule has 2 rings (SSSR count). The molecule has 1 aliphatic rings. The summed E-state index contributed by atoms with van der Waals surface area (Å²) in [5.74, 6) is -0.368. The first-order valence-corrected chi connectivity index (χ1v) is 8.55. The molecule has 1 fully saturated rings. The van der Waals surface area contributed by atoms with Gasteiger partial charge in [-0.2, -0.15) is 5.06 Å². The molecule has 1 saturated heterocycles. The molecular formula is C14H22NO4P. The lowest BCUT2D eigenvalue weighted by Crippen LogP contribution is -2.25. The van der Waals surface area contributed by atoms with Crippen LogP contribution in [0.15, 0.2) is 30.3 Å². The van der Waals surface area contributed by atoms with Crippen LogP contribution in [-0.4, -0.2) is 31.1 Å². The van der Waals surface area contributed by atoms with Gasteiger partial charge >= 0.3 is 7.60 Å². The van der Waals surface area contributed by atoms with E-state index in [1.54, 1.807) is 12.1 Å². The monoisotopic (exact) mass is 299 g/mol. The van der Waals surface area contributed by atoms with Gasteiger partial charge in [0.25, 0.3) is 0 Å². The SMILES string of the molecule is CCOP(=O)(OCC)[C@H]1C[C@H](c2ccccc2)ON1C. The highest BCUT2D eigenvalue weighted by atomic mass is 31.2. The topological polar surface area (TPSA) is 48.0 Å². The standard InChI is InChI=1S/C14H22NO4P/c1-4-17-20(16,18-5-2)14-11-13(19-15(14)3)12-9-7-6-8-10-12/h6-10,13-14H,4-5,11H2,1-3H3/t13-,14+/m1/s1. The van der Waals surface area contributed by atoms with Gasteiger partial charge in [0, 0.05) is 13.5 Å². The Balaban J connectivity index is 2.15. The Kier molecular flexibility index (Phi) is 5.35. The second kappa shape index (κ2) is 6.83. The molecule has 0 radical (unpaired) electrons. The number of hydrogen-bond donors (Lipinski definition) is 0. The summed E-state index contributed by atoms with van der Waals surface area (Å²) >= 11 is 0. The van der Waals surface area contributed by atoms with E-state index in [1.165, 1.54) is 0 Å². The molecule has 0 bridgehead atoms. The minimum absolute atomic E-state index is 0.111. The molecule has 1 aliphatic heterocycles. The van der Waals surface area contributed by atoms with Crippen LogP contribution in [0.1, 0.15) is 31.9 Å². The van der Waals surface area contributed by atoms with Crippen LogP contribution < -0.4 is 0 Å². The van der Waals surface area contributed by atoms with Gasteiger partial charge in [0.2, 0.25) is 0 Å². The Bertz CT molecular complexity index is 458. The summed E-state index contributed by atoms with van der Waals surface area (Å²) in [6.07, 6.45) is 0.484. The Morgan fingerprint density at radius 3 is 2.40 bits per heavy atom. The van der Waals surface area contributed by atoms with Crippen molar-refractivity contribution in [1.29, 1.82) is 0 Å². The van der Waals surface area contributed by atoms with Crippen LogP contribution in [0.25, 0.3) is 0 Å². The van der Waals surface area contributed by atoms with E-state index in [2.05, 4.69) is 0 Å². The number of nitrogens with zero attached hydrogens (tertiary/aromatic N) is 1. The molecule has 6 heteroatoms. The molecule has 0 saturated carbocycles. The highest BCUT2D eigenvalue weighted by molar-refractivity contribution is 7.54. The van der Waals surface area contributed by atoms with E-state index in [9.17, 15) is 4.57 Å². The van der Waals surface area contributed by atoms with Gasteiger partial charge < -0.3 is 9.05 Å². The highest BCUT2D eigenvalue weighted by Crippen LogP contribution is 2.59. The first-order valence-electron chi connectivity index (χ1n) is 6.94. The zero-order valence-electron chi connectivity index (χ0n) is 12.2. The van der Waals surface area contributed by atoms with Crippen molar-refractivity contribution in [1.82, 2.24) is 5.06 Å². The van der Waals surface area contributed by atoms with Crippen LogP contribution in [0.2, 0.25) is 0 Å². The Morgan fingerprint density at radius 1 is 1.25 bits per heavy atom. The molecule has 0 unspecified atom stereocenters. The lowest BCUT2D eigenvalue weighted by Gasteiger charge is -2.25. The van der Waals surface area contributed by atoms with Gasteiger partial charge in [-0.05, 0) is 19.4 Å². The van der Waals surface area contributed by atoms with Crippen molar-refractivity contribution in [2.24, 2.45) is 0 Å². The number of hydrogen-bond acceptors (Lipinski definition) is 5. The van der Waals surface area contributed by atoms with Gasteiger partial charge in [-0.1, -0.05) is 30.3 Å². The molecular weight excluding hydrogens is 277 g/mol. The number of benzene rings is 1. The van der Waals surface area contributed by atoms with Crippen LogP contribution in [0.4, 0.5) is 0 Å². The fourth-order valence-corrected chi connectivity index (χ4v) is 4.46. The van der Waals surface area contributed by atoms with Gasteiger partial charge in [-0.3, -0.25) is 9.40 Å². The zero-order chi connectivity index (χ0) is 14.6. The molecule has 0 aliphatic carbocycles. The first kappa shape index (κ1) is 15.7. The average molecular weight is 299 g/mol. The molecule has 20 heavy (non-hydrogen) atoms. The zero-order valence-corrected chi connectivity index (χ0v) is 13.1. The molecule has 0 N–H and O–H groups in total. The maximum atomic E-state index is 12.8. The largest absolute Gasteiger partial charge is 0.350 e. The lowest BCUT2D eigenvalue weighted by atomic mass is 10.1. The summed E-state index contributed by atoms with van der Waals surface area (Å²) in [6, 6.07) is 9.92. The van der Waals surface area contributed by atoms with E-state index in [0.717, 1.165) is 5.56 Å². The Labute approximate surface area is 120 Å². The average Bonchev–Trinajstić information content (AvgIpc) is 2.83. The fraction of sp³-hybridized carbons (Fsp3) is 0.571. The van der Waals surface area contributed by atoms with Crippen molar-refractivity contribution < 1.29 is 18.5 Å². The molecule has 1 aromatic carbocycles. The van der Waals surface area contributed by atoms with Gasteiger partial charge in [0.15, 0.2) is 0 Å². The van der Waals surface area contributed by atoms with Gasteiger partial charge in [-0.15, -0.1) is 0 Å². The quantitative estimate of drug-likeness (QED) is 0.751. The third-order valence-corrected chi connectivity index (χ3v) is 5.79. The minimum Gasteiger partial charge on any atom is -0.308 e. The van der Waals surface area contributed by atoms with Gasteiger partial charge in [0.1, 0.15) is 11.9 Å². The maximum absolute atomic E-state index is 12.8. The molecule has 1 aromatic rings. The Morgan fingerprint density at radius 2 is 1.85 bits per heavy atom. The fourth-order valence-electron chi connectivity index (χ4n) is 2.42. The van der Waals surface area contributed by atoms with Crippen molar-refractivity contribution in [2.45, 2.75) is 32.2 Å². The predicted octanol–water partition coefficient (Wildman–Crippen LogP) is 3.59.